The zero-order chi connectivity index (χ0) is 13.0. The molecule has 4 nitrogen and oxygen atoms in total. The quantitative estimate of drug-likeness (QED) is 0.620. The number of nitrogen functional groups attached to an aromatic ring is 1. The van der Waals surface area contributed by atoms with E-state index in [0.717, 1.165) is 37.3 Å². The van der Waals surface area contributed by atoms with Gasteiger partial charge in [-0.2, -0.15) is 0 Å². The average Bonchev–Trinajstić information content (AvgIpc) is 2.55. The van der Waals surface area contributed by atoms with E-state index in [2.05, 4.69) is 22.9 Å². The van der Waals surface area contributed by atoms with Crippen LogP contribution in [0.4, 0.5) is 0 Å². The minimum Gasteiger partial charge on any atom is -0.384 e. The number of likely N-dealkylation sites (N-methyl/N-ethyl adjacent to an activating group) is 1. The van der Waals surface area contributed by atoms with Gasteiger partial charge in [-0.1, -0.05) is 24.3 Å². The molecule has 0 atom stereocenters. The first-order valence-corrected chi connectivity index (χ1v) is 6.50. The van der Waals surface area contributed by atoms with Crippen LogP contribution in [0.15, 0.2) is 24.3 Å². The first kappa shape index (κ1) is 13.1. The molecular formula is C14H22N4. The second kappa shape index (κ2) is 5.98. The van der Waals surface area contributed by atoms with E-state index >= 15 is 0 Å². The predicted molar refractivity (Wildman–Crippen MR) is 74.8 cm³/mol. The van der Waals surface area contributed by atoms with Crippen molar-refractivity contribution in [3.63, 3.8) is 0 Å². The summed E-state index contributed by atoms with van der Waals surface area (Å²) in [4.78, 5) is 4.82. The summed E-state index contributed by atoms with van der Waals surface area (Å²) < 4.78 is 0. The third-order valence-corrected chi connectivity index (χ3v) is 3.51. The molecule has 1 aliphatic heterocycles. The molecule has 1 aromatic rings. The molecule has 4 heteroatoms. The lowest BCUT2D eigenvalue weighted by atomic mass is 10.1. The molecule has 0 radical (unpaired) electrons. The Morgan fingerprint density at radius 1 is 1.22 bits per heavy atom. The molecule has 0 spiro atoms. The summed E-state index contributed by atoms with van der Waals surface area (Å²) in [5.41, 5.74) is 7.66. The van der Waals surface area contributed by atoms with Gasteiger partial charge in [0.15, 0.2) is 0 Å². The predicted octanol–water partition coefficient (Wildman–Crippen LogP) is 1.11. The molecule has 3 N–H and O–H groups in total. The highest BCUT2D eigenvalue weighted by Crippen LogP contribution is 2.12. The van der Waals surface area contributed by atoms with Crippen LogP contribution in [-0.4, -0.2) is 48.9 Å². The molecule has 0 unspecified atom stereocenters. The van der Waals surface area contributed by atoms with Gasteiger partial charge in [-0.15, -0.1) is 0 Å². The van der Waals surface area contributed by atoms with Crippen molar-refractivity contribution in [2.24, 2.45) is 5.73 Å². The SMILES string of the molecule is CN1CCCN(Cc2ccccc2C(=N)N)CC1. The Morgan fingerprint density at radius 2 is 2.00 bits per heavy atom. The topological polar surface area (TPSA) is 56.4 Å². The standard InChI is InChI=1S/C14H22N4/c1-17-7-4-8-18(10-9-17)11-12-5-2-3-6-13(12)14(15)16/h2-3,5-6H,4,7-11H2,1H3,(H3,15,16). The maximum Gasteiger partial charge on any atom is 0.123 e. The summed E-state index contributed by atoms with van der Waals surface area (Å²) in [5, 5.41) is 7.62. The van der Waals surface area contributed by atoms with E-state index in [9.17, 15) is 0 Å². The van der Waals surface area contributed by atoms with E-state index in [-0.39, 0.29) is 5.84 Å². The van der Waals surface area contributed by atoms with Crippen LogP contribution in [0.25, 0.3) is 0 Å². The van der Waals surface area contributed by atoms with Gasteiger partial charge in [-0.25, -0.2) is 0 Å². The number of nitrogens with one attached hydrogen (secondary N) is 1. The van der Waals surface area contributed by atoms with E-state index in [1.54, 1.807) is 0 Å². The number of rotatable bonds is 3. The first-order chi connectivity index (χ1) is 8.66. The summed E-state index contributed by atoms with van der Waals surface area (Å²) >= 11 is 0. The van der Waals surface area contributed by atoms with Gasteiger partial charge in [-0.3, -0.25) is 10.3 Å². The molecule has 2 rings (SSSR count). The van der Waals surface area contributed by atoms with E-state index in [1.807, 2.05) is 18.2 Å². The van der Waals surface area contributed by atoms with Crippen LogP contribution >= 0.6 is 0 Å². The maximum absolute atomic E-state index is 7.62. The van der Waals surface area contributed by atoms with Gasteiger partial charge < -0.3 is 10.6 Å². The number of amidine groups is 1. The molecule has 0 aliphatic carbocycles. The highest BCUT2D eigenvalue weighted by molar-refractivity contribution is 5.96. The van der Waals surface area contributed by atoms with Gasteiger partial charge in [0.2, 0.25) is 0 Å². The van der Waals surface area contributed by atoms with Crippen molar-refractivity contribution in [3.05, 3.63) is 35.4 Å². The Labute approximate surface area is 109 Å². The molecule has 1 heterocycles. The summed E-state index contributed by atoms with van der Waals surface area (Å²) in [6, 6.07) is 7.97. The fourth-order valence-electron chi connectivity index (χ4n) is 2.42. The van der Waals surface area contributed by atoms with Gasteiger partial charge in [0.05, 0.1) is 0 Å². The molecule has 1 aliphatic rings. The first-order valence-electron chi connectivity index (χ1n) is 6.50. The highest BCUT2D eigenvalue weighted by Gasteiger charge is 2.14. The molecule has 18 heavy (non-hydrogen) atoms. The van der Waals surface area contributed by atoms with Crippen LogP contribution < -0.4 is 5.73 Å². The van der Waals surface area contributed by atoms with E-state index < -0.39 is 0 Å². The number of nitrogens with two attached hydrogens (primary N) is 1. The monoisotopic (exact) mass is 246 g/mol. The third-order valence-electron chi connectivity index (χ3n) is 3.51. The van der Waals surface area contributed by atoms with Gasteiger partial charge in [-0.05, 0) is 32.1 Å². The molecule has 1 saturated heterocycles. The average molecular weight is 246 g/mol. The minimum absolute atomic E-state index is 0.164. The van der Waals surface area contributed by atoms with Crippen molar-refractivity contribution in [2.75, 3.05) is 33.2 Å². The van der Waals surface area contributed by atoms with Crippen molar-refractivity contribution in [1.29, 1.82) is 5.41 Å². The second-order valence-electron chi connectivity index (χ2n) is 5.00. The van der Waals surface area contributed by atoms with Crippen molar-refractivity contribution < 1.29 is 0 Å². The fourth-order valence-corrected chi connectivity index (χ4v) is 2.42. The summed E-state index contributed by atoms with van der Waals surface area (Å²) in [6.07, 6.45) is 1.21. The van der Waals surface area contributed by atoms with Crippen LogP contribution in [0.5, 0.6) is 0 Å². The van der Waals surface area contributed by atoms with Gasteiger partial charge in [0.25, 0.3) is 0 Å². The normalized spacial score (nSPS) is 18.5. The van der Waals surface area contributed by atoms with Crippen molar-refractivity contribution in [2.45, 2.75) is 13.0 Å². The molecule has 0 saturated carbocycles. The molecule has 1 aromatic carbocycles. The van der Waals surface area contributed by atoms with Crippen LogP contribution in [0.2, 0.25) is 0 Å². The Bertz CT molecular complexity index is 416. The number of hydrogen-bond donors (Lipinski definition) is 2. The van der Waals surface area contributed by atoms with Crippen molar-refractivity contribution in [1.82, 2.24) is 9.80 Å². The van der Waals surface area contributed by atoms with Gasteiger partial charge in [0.1, 0.15) is 5.84 Å². The van der Waals surface area contributed by atoms with Crippen LogP contribution in [-0.2, 0) is 6.54 Å². The van der Waals surface area contributed by atoms with E-state index in [4.69, 9.17) is 11.1 Å². The van der Waals surface area contributed by atoms with Crippen LogP contribution in [0.3, 0.4) is 0 Å². The Balaban J connectivity index is 2.06. The summed E-state index contributed by atoms with van der Waals surface area (Å²) in [5.74, 6) is 0.164. The Hall–Kier alpha value is -1.39. The van der Waals surface area contributed by atoms with Crippen LogP contribution in [0.1, 0.15) is 17.5 Å². The number of benzene rings is 1. The lowest BCUT2D eigenvalue weighted by Crippen LogP contribution is -2.29. The van der Waals surface area contributed by atoms with Gasteiger partial charge in [0, 0.05) is 25.2 Å². The Kier molecular flexibility index (Phi) is 4.33. The zero-order valence-electron chi connectivity index (χ0n) is 11.0. The fraction of sp³-hybridized carbons (Fsp3) is 0.500. The Morgan fingerprint density at radius 3 is 2.78 bits per heavy atom. The molecule has 0 amide bonds. The lowest BCUT2D eigenvalue weighted by molar-refractivity contribution is 0.269. The smallest absolute Gasteiger partial charge is 0.123 e. The van der Waals surface area contributed by atoms with Crippen molar-refractivity contribution in [3.8, 4) is 0 Å². The second-order valence-corrected chi connectivity index (χ2v) is 5.00. The van der Waals surface area contributed by atoms with Crippen molar-refractivity contribution >= 4 is 5.84 Å². The number of nitrogens with zero attached hydrogens (tertiary/aromatic N) is 2. The highest BCUT2D eigenvalue weighted by atomic mass is 15.2. The lowest BCUT2D eigenvalue weighted by Gasteiger charge is -2.21. The maximum atomic E-state index is 7.62. The molecular weight excluding hydrogens is 224 g/mol. The molecule has 1 fully saturated rings. The molecule has 0 bridgehead atoms. The molecule has 0 aromatic heterocycles. The van der Waals surface area contributed by atoms with Gasteiger partial charge >= 0.3 is 0 Å². The zero-order valence-corrected chi connectivity index (χ0v) is 11.0. The third kappa shape index (κ3) is 3.31. The summed E-state index contributed by atoms with van der Waals surface area (Å²) in [7, 11) is 2.17. The largest absolute Gasteiger partial charge is 0.384 e. The minimum atomic E-state index is 0.164. The number of hydrogen-bond acceptors (Lipinski definition) is 3. The van der Waals surface area contributed by atoms with E-state index in [0.29, 0.717) is 0 Å². The van der Waals surface area contributed by atoms with E-state index in [1.165, 1.54) is 13.0 Å². The summed E-state index contributed by atoms with van der Waals surface area (Å²) in [6.45, 7) is 5.38. The van der Waals surface area contributed by atoms with Crippen LogP contribution in [0, 0.1) is 5.41 Å². The molecule has 98 valence electrons.